The third-order valence-corrected chi connectivity index (χ3v) is 4.16. The fraction of sp³-hybridized carbons (Fsp3) is 0.150. The van der Waals surface area contributed by atoms with Crippen LogP contribution in [0.25, 0.3) is 12.2 Å². The highest BCUT2D eigenvalue weighted by Crippen LogP contribution is 2.32. The summed E-state index contributed by atoms with van der Waals surface area (Å²) in [5, 5.41) is 38.5. The number of allylic oxidation sites excluding steroid dienone is 2. The number of benzene rings is 2. The van der Waals surface area contributed by atoms with Gasteiger partial charge in [0.2, 0.25) is 0 Å². The zero-order valence-electron chi connectivity index (χ0n) is 13.4. The summed E-state index contributed by atoms with van der Waals surface area (Å²) in [7, 11) is 0. The first-order chi connectivity index (χ1) is 11.9. The number of phenols is 4. The van der Waals surface area contributed by atoms with Crippen molar-refractivity contribution in [3.05, 3.63) is 58.7 Å². The van der Waals surface area contributed by atoms with E-state index in [2.05, 4.69) is 0 Å². The van der Waals surface area contributed by atoms with Crippen LogP contribution in [0.5, 0.6) is 23.0 Å². The van der Waals surface area contributed by atoms with Gasteiger partial charge in [-0.15, -0.1) is 0 Å². The lowest BCUT2D eigenvalue weighted by atomic mass is 9.86. The van der Waals surface area contributed by atoms with Crippen molar-refractivity contribution in [1.29, 1.82) is 0 Å². The summed E-state index contributed by atoms with van der Waals surface area (Å²) < 4.78 is 0. The quantitative estimate of drug-likeness (QED) is 0.626. The Morgan fingerprint density at radius 2 is 1.16 bits per heavy atom. The van der Waals surface area contributed by atoms with E-state index in [1.807, 2.05) is 0 Å². The summed E-state index contributed by atoms with van der Waals surface area (Å²) in [6, 6.07) is 8.45. The van der Waals surface area contributed by atoms with Crippen LogP contribution in [0, 0.1) is 0 Å². The monoisotopic (exact) mass is 338 g/mol. The molecule has 2 aromatic rings. The van der Waals surface area contributed by atoms with Gasteiger partial charge in [0.1, 0.15) is 23.0 Å². The molecule has 0 amide bonds. The molecule has 5 heteroatoms. The Hall–Kier alpha value is -3.21. The van der Waals surface area contributed by atoms with Gasteiger partial charge in [0.05, 0.1) is 0 Å². The summed E-state index contributed by atoms with van der Waals surface area (Å²) >= 11 is 0. The van der Waals surface area contributed by atoms with Crippen LogP contribution in [0.15, 0.2) is 47.5 Å². The number of ketones is 1. The third kappa shape index (κ3) is 3.66. The second kappa shape index (κ2) is 6.73. The number of hydrogen-bond donors (Lipinski definition) is 4. The Labute approximate surface area is 144 Å². The molecule has 0 radical (unpaired) electrons. The lowest BCUT2D eigenvalue weighted by Crippen LogP contribution is -2.12. The van der Waals surface area contributed by atoms with Crippen LogP contribution in [-0.2, 0) is 4.79 Å². The van der Waals surface area contributed by atoms with Gasteiger partial charge >= 0.3 is 0 Å². The van der Waals surface area contributed by atoms with Crippen molar-refractivity contribution in [1.82, 2.24) is 0 Å². The molecule has 0 spiro atoms. The van der Waals surface area contributed by atoms with Gasteiger partial charge in [-0.05, 0) is 55.7 Å². The molecule has 2 aromatic carbocycles. The number of carbonyl (C=O) groups is 1. The van der Waals surface area contributed by atoms with Crippen molar-refractivity contribution in [2.24, 2.45) is 0 Å². The number of hydrogen-bond acceptors (Lipinski definition) is 5. The molecule has 1 aliphatic carbocycles. The molecule has 0 heterocycles. The highest BCUT2D eigenvalue weighted by atomic mass is 16.3. The van der Waals surface area contributed by atoms with Crippen LogP contribution >= 0.6 is 0 Å². The molecule has 0 saturated heterocycles. The highest BCUT2D eigenvalue weighted by molar-refractivity contribution is 6.14. The van der Waals surface area contributed by atoms with Crippen LogP contribution in [0.4, 0.5) is 0 Å². The summed E-state index contributed by atoms with van der Waals surface area (Å²) in [5.41, 5.74) is 2.07. The maximum atomic E-state index is 12.7. The van der Waals surface area contributed by atoms with Crippen molar-refractivity contribution in [2.45, 2.75) is 19.3 Å². The van der Waals surface area contributed by atoms with Gasteiger partial charge in [-0.2, -0.15) is 0 Å². The predicted molar refractivity (Wildman–Crippen MR) is 94.4 cm³/mol. The standard InChI is InChI=1S/C20H18O5/c21-16-6-4-12(18(23)10-16)8-14-2-1-3-15(20(14)25)9-13-5-7-17(22)11-19(13)24/h4-11,21-24H,1-3H2/b14-8-,15-9+. The van der Waals surface area contributed by atoms with Gasteiger partial charge in [-0.25, -0.2) is 0 Å². The molecule has 0 bridgehead atoms. The van der Waals surface area contributed by atoms with Crippen molar-refractivity contribution in [2.75, 3.05) is 0 Å². The van der Waals surface area contributed by atoms with Gasteiger partial charge in [0, 0.05) is 34.4 Å². The van der Waals surface area contributed by atoms with Crippen molar-refractivity contribution < 1.29 is 25.2 Å². The fourth-order valence-corrected chi connectivity index (χ4v) is 2.86. The molecule has 3 rings (SSSR count). The molecule has 128 valence electrons. The number of Topliss-reactive ketones (excluding diaryl/α,β-unsaturated/α-hetero) is 1. The van der Waals surface area contributed by atoms with E-state index in [0.29, 0.717) is 35.1 Å². The van der Waals surface area contributed by atoms with Crippen LogP contribution < -0.4 is 0 Å². The van der Waals surface area contributed by atoms with E-state index in [1.54, 1.807) is 24.3 Å². The number of phenolic OH excluding ortho intramolecular Hbond substituents is 4. The summed E-state index contributed by atoms with van der Waals surface area (Å²) in [4.78, 5) is 12.7. The maximum Gasteiger partial charge on any atom is 0.185 e. The second-order valence-corrected chi connectivity index (χ2v) is 6.01. The molecule has 5 nitrogen and oxygen atoms in total. The smallest absolute Gasteiger partial charge is 0.185 e. The van der Waals surface area contributed by atoms with Crippen LogP contribution in [0.2, 0.25) is 0 Å². The van der Waals surface area contributed by atoms with Gasteiger partial charge in [0.25, 0.3) is 0 Å². The highest BCUT2D eigenvalue weighted by Gasteiger charge is 2.21. The van der Waals surface area contributed by atoms with Crippen LogP contribution in [-0.4, -0.2) is 26.2 Å². The molecule has 0 unspecified atom stereocenters. The van der Waals surface area contributed by atoms with E-state index in [4.69, 9.17) is 0 Å². The Morgan fingerprint density at radius 3 is 1.56 bits per heavy atom. The largest absolute Gasteiger partial charge is 0.508 e. The van der Waals surface area contributed by atoms with Gasteiger partial charge in [-0.3, -0.25) is 4.79 Å². The topological polar surface area (TPSA) is 98.0 Å². The molecule has 0 atom stereocenters. The van der Waals surface area contributed by atoms with E-state index in [0.717, 1.165) is 6.42 Å². The Balaban J connectivity index is 1.93. The molecule has 0 aliphatic heterocycles. The van der Waals surface area contributed by atoms with Crippen molar-refractivity contribution in [3.8, 4) is 23.0 Å². The number of aromatic hydroxyl groups is 4. The molecular formula is C20H18O5. The molecule has 1 fully saturated rings. The minimum atomic E-state index is -0.133. The summed E-state index contributed by atoms with van der Waals surface area (Å²) in [5.74, 6) is -0.401. The van der Waals surface area contributed by atoms with E-state index in [1.165, 1.54) is 24.3 Å². The first kappa shape index (κ1) is 16.6. The molecule has 4 N–H and O–H groups in total. The first-order valence-electron chi connectivity index (χ1n) is 7.94. The van der Waals surface area contributed by atoms with Crippen molar-refractivity contribution >= 4 is 17.9 Å². The van der Waals surface area contributed by atoms with Crippen LogP contribution in [0.3, 0.4) is 0 Å². The lowest BCUT2D eigenvalue weighted by Gasteiger charge is -2.17. The fourth-order valence-electron chi connectivity index (χ4n) is 2.86. The molecule has 1 aliphatic rings. The summed E-state index contributed by atoms with van der Waals surface area (Å²) in [6.45, 7) is 0. The van der Waals surface area contributed by atoms with Gasteiger partial charge < -0.3 is 20.4 Å². The zero-order chi connectivity index (χ0) is 18.0. The molecular weight excluding hydrogens is 320 g/mol. The van der Waals surface area contributed by atoms with Gasteiger partial charge in [-0.1, -0.05) is 0 Å². The number of rotatable bonds is 2. The van der Waals surface area contributed by atoms with E-state index >= 15 is 0 Å². The Kier molecular flexibility index (Phi) is 4.48. The minimum absolute atomic E-state index is 0.0435. The van der Waals surface area contributed by atoms with Crippen LogP contribution in [0.1, 0.15) is 30.4 Å². The normalized spacial score (nSPS) is 18.0. The average Bonchev–Trinajstić information content (AvgIpc) is 2.56. The third-order valence-electron chi connectivity index (χ3n) is 4.16. The summed E-state index contributed by atoms with van der Waals surface area (Å²) in [6.07, 6.45) is 5.22. The van der Waals surface area contributed by atoms with E-state index in [9.17, 15) is 25.2 Å². The zero-order valence-corrected chi connectivity index (χ0v) is 13.4. The molecule has 0 aromatic heterocycles. The maximum absolute atomic E-state index is 12.7. The lowest BCUT2D eigenvalue weighted by molar-refractivity contribution is -0.112. The Bertz CT molecular complexity index is 821. The minimum Gasteiger partial charge on any atom is -0.508 e. The average molecular weight is 338 g/mol. The SMILES string of the molecule is O=C1/C(=C\c2ccc(O)cc2O)CCC/C1=C\c1ccc(O)cc1O. The van der Waals surface area contributed by atoms with Gasteiger partial charge in [0.15, 0.2) is 5.78 Å². The number of carbonyl (C=O) groups excluding carboxylic acids is 1. The molecule has 1 saturated carbocycles. The second-order valence-electron chi connectivity index (χ2n) is 6.01. The molecule has 25 heavy (non-hydrogen) atoms. The van der Waals surface area contributed by atoms with E-state index in [-0.39, 0.29) is 28.8 Å². The van der Waals surface area contributed by atoms with E-state index < -0.39 is 0 Å². The van der Waals surface area contributed by atoms with Crippen molar-refractivity contribution in [3.63, 3.8) is 0 Å². The predicted octanol–water partition coefficient (Wildman–Crippen LogP) is 3.73. The first-order valence-corrected chi connectivity index (χ1v) is 7.94. The Morgan fingerprint density at radius 1 is 0.720 bits per heavy atom.